The highest BCUT2D eigenvalue weighted by Crippen LogP contribution is 2.22. The lowest BCUT2D eigenvalue weighted by atomic mass is 10.2. The van der Waals surface area contributed by atoms with Crippen LogP contribution in [-0.2, 0) is 10.0 Å². The van der Waals surface area contributed by atoms with E-state index in [2.05, 4.69) is 9.71 Å². The molecular formula is C12H10ClFN2O2S. The second kappa shape index (κ2) is 5.14. The molecule has 0 unspecified atom stereocenters. The van der Waals surface area contributed by atoms with Gasteiger partial charge in [-0.05, 0) is 36.8 Å². The monoisotopic (exact) mass is 300 g/mol. The Morgan fingerprint density at radius 3 is 2.68 bits per heavy atom. The molecule has 0 aliphatic carbocycles. The van der Waals surface area contributed by atoms with E-state index in [1.807, 2.05) is 0 Å². The molecule has 7 heteroatoms. The molecule has 0 bridgehead atoms. The summed E-state index contributed by atoms with van der Waals surface area (Å²) >= 11 is 5.73. The minimum Gasteiger partial charge on any atom is -0.279 e. The van der Waals surface area contributed by atoms with Gasteiger partial charge in [-0.3, -0.25) is 4.72 Å². The number of anilines is 1. The molecule has 4 nitrogen and oxygen atoms in total. The Balaban J connectivity index is 2.37. The topological polar surface area (TPSA) is 59.1 Å². The van der Waals surface area contributed by atoms with E-state index in [1.54, 1.807) is 6.92 Å². The molecule has 0 amide bonds. The van der Waals surface area contributed by atoms with Crippen molar-refractivity contribution in [1.82, 2.24) is 4.98 Å². The molecule has 1 N–H and O–H groups in total. The molecule has 0 saturated heterocycles. The molecule has 0 fully saturated rings. The summed E-state index contributed by atoms with van der Waals surface area (Å²) in [5.74, 6) is -0.488. The number of halogens is 2. The van der Waals surface area contributed by atoms with E-state index in [0.29, 0.717) is 5.56 Å². The maximum Gasteiger partial charge on any atom is 0.264 e. The quantitative estimate of drug-likeness (QED) is 0.887. The molecule has 2 rings (SSSR count). The summed E-state index contributed by atoms with van der Waals surface area (Å²) in [5.41, 5.74) is 0.561. The summed E-state index contributed by atoms with van der Waals surface area (Å²) in [6.45, 7) is 1.59. The van der Waals surface area contributed by atoms with Crippen molar-refractivity contribution in [1.29, 1.82) is 0 Å². The summed E-state index contributed by atoms with van der Waals surface area (Å²) in [5, 5.41) is -0.136. The molecule has 0 saturated carbocycles. The molecule has 0 aliphatic rings. The van der Waals surface area contributed by atoms with Gasteiger partial charge in [0.15, 0.2) is 0 Å². The Hall–Kier alpha value is -1.66. The number of hydrogen-bond donors (Lipinski definition) is 1. The van der Waals surface area contributed by atoms with E-state index >= 15 is 0 Å². The molecule has 0 atom stereocenters. The van der Waals surface area contributed by atoms with Crippen molar-refractivity contribution < 1.29 is 12.8 Å². The zero-order chi connectivity index (χ0) is 14.0. The van der Waals surface area contributed by atoms with Gasteiger partial charge >= 0.3 is 0 Å². The fourth-order valence-electron chi connectivity index (χ4n) is 1.44. The van der Waals surface area contributed by atoms with E-state index < -0.39 is 15.8 Å². The zero-order valence-electron chi connectivity index (χ0n) is 9.89. The van der Waals surface area contributed by atoms with Gasteiger partial charge < -0.3 is 0 Å². The first kappa shape index (κ1) is 13.8. The van der Waals surface area contributed by atoms with E-state index in [9.17, 15) is 12.8 Å². The van der Waals surface area contributed by atoms with Gasteiger partial charge in [-0.1, -0.05) is 17.7 Å². The third kappa shape index (κ3) is 3.02. The molecule has 1 aromatic carbocycles. The number of aryl methyl sites for hydroxylation is 1. The van der Waals surface area contributed by atoms with Gasteiger partial charge in [-0.2, -0.15) is 0 Å². The first-order valence-corrected chi connectivity index (χ1v) is 7.16. The SMILES string of the molecule is Cc1ccc(NS(=O)(=O)c2cccnc2Cl)cc1F. The largest absolute Gasteiger partial charge is 0.279 e. The molecule has 2 aromatic rings. The fraction of sp³-hybridized carbons (Fsp3) is 0.0833. The van der Waals surface area contributed by atoms with Crippen LogP contribution in [0.4, 0.5) is 10.1 Å². The standard InChI is InChI=1S/C12H10ClFN2O2S/c1-8-4-5-9(7-10(8)14)16-19(17,18)11-3-2-6-15-12(11)13/h2-7,16H,1H3. The summed E-state index contributed by atoms with van der Waals surface area (Å²) in [6, 6.07) is 6.84. The molecular weight excluding hydrogens is 291 g/mol. The predicted octanol–water partition coefficient (Wildman–Crippen LogP) is 2.98. The summed E-state index contributed by atoms with van der Waals surface area (Å²) in [6.07, 6.45) is 1.38. The number of hydrogen-bond acceptors (Lipinski definition) is 3. The van der Waals surface area contributed by atoms with Gasteiger partial charge in [0.05, 0.1) is 5.69 Å². The number of pyridine rings is 1. The van der Waals surface area contributed by atoms with E-state index in [0.717, 1.165) is 6.07 Å². The summed E-state index contributed by atoms with van der Waals surface area (Å²) < 4.78 is 39.7. The van der Waals surface area contributed by atoms with Crippen molar-refractivity contribution in [2.45, 2.75) is 11.8 Å². The number of benzene rings is 1. The Kier molecular flexibility index (Phi) is 3.73. The normalized spacial score (nSPS) is 11.3. The van der Waals surface area contributed by atoms with Crippen LogP contribution in [0.3, 0.4) is 0 Å². The molecule has 19 heavy (non-hydrogen) atoms. The molecule has 100 valence electrons. The van der Waals surface area contributed by atoms with Crippen molar-refractivity contribution in [3.63, 3.8) is 0 Å². The van der Waals surface area contributed by atoms with Crippen LogP contribution in [0.5, 0.6) is 0 Å². The third-order valence-corrected chi connectivity index (χ3v) is 4.26. The lowest BCUT2D eigenvalue weighted by Crippen LogP contribution is -2.14. The highest BCUT2D eigenvalue weighted by atomic mass is 35.5. The van der Waals surface area contributed by atoms with Crippen LogP contribution in [0.2, 0.25) is 5.15 Å². The average Bonchev–Trinajstić information content (AvgIpc) is 2.34. The van der Waals surface area contributed by atoms with Crippen molar-refractivity contribution in [3.8, 4) is 0 Å². The summed E-state index contributed by atoms with van der Waals surface area (Å²) in [7, 11) is -3.88. The minimum absolute atomic E-state index is 0.128. The van der Waals surface area contributed by atoms with E-state index in [1.165, 1.54) is 30.5 Å². The Labute approximate surface area is 115 Å². The van der Waals surface area contributed by atoms with Crippen LogP contribution in [0, 0.1) is 12.7 Å². The van der Waals surface area contributed by atoms with Crippen LogP contribution in [0.15, 0.2) is 41.4 Å². The van der Waals surface area contributed by atoms with Gasteiger partial charge in [-0.25, -0.2) is 17.8 Å². The number of rotatable bonds is 3. The highest BCUT2D eigenvalue weighted by molar-refractivity contribution is 7.92. The number of nitrogens with one attached hydrogen (secondary N) is 1. The first-order valence-electron chi connectivity index (χ1n) is 5.29. The lowest BCUT2D eigenvalue weighted by molar-refractivity contribution is 0.600. The molecule has 0 aliphatic heterocycles. The van der Waals surface area contributed by atoms with Crippen molar-refractivity contribution in [3.05, 3.63) is 53.1 Å². The maximum absolute atomic E-state index is 13.4. The second-order valence-electron chi connectivity index (χ2n) is 3.86. The van der Waals surface area contributed by atoms with Crippen LogP contribution < -0.4 is 4.72 Å². The van der Waals surface area contributed by atoms with Crippen LogP contribution in [-0.4, -0.2) is 13.4 Å². The maximum atomic E-state index is 13.4. The molecule has 1 heterocycles. The number of nitrogens with zero attached hydrogens (tertiary/aromatic N) is 1. The fourth-order valence-corrected chi connectivity index (χ4v) is 2.94. The molecule has 0 spiro atoms. The van der Waals surface area contributed by atoms with Crippen molar-refractivity contribution >= 4 is 27.3 Å². The van der Waals surface area contributed by atoms with Gasteiger partial charge in [0.2, 0.25) is 0 Å². The first-order chi connectivity index (χ1) is 8.90. The average molecular weight is 301 g/mol. The van der Waals surface area contributed by atoms with Gasteiger partial charge in [-0.15, -0.1) is 0 Å². The van der Waals surface area contributed by atoms with Crippen molar-refractivity contribution in [2.24, 2.45) is 0 Å². The Bertz CT molecular complexity index is 719. The second-order valence-corrected chi connectivity index (χ2v) is 5.87. The Morgan fingerprint density at radius 2 is 2.05 bits per heavy atom. The molecule has 0 radical (unpaired) electrons. The number of aromatic nitrogens is 1. The molecule has 1 aromatic heterocycles. The predicted molar refractivity (Wildman–Crippen MR) is 71.2 cm³/mol. The van der Waals surface area contributed by atoms with Gasteiger partial charge in [0.1, 0.15) is 15.9 Å². The van der Waals surface area contributed by atoms with Crippen molar-refractivity contribution in [2.75, 3.05) is 4.72 Å². The van der Waals surface area contributed by atoms with E-state index in [4.69, 9.17) is 11.6 Å². The van der Waals surface area contributed by atoms with Gasteiger partial charge in [0.25, 0.3) is 10.0 Å². The van der Waals surface area contributed by atoms with E-state index in [-0.39, 0.29) is 15.7 Å². The lowest BCUT2D eigenvalue weighted by Gasteiger charge is -2.09. The van der Waals surface area contributed by atoms with Crippen LogP contribution in [0.25, 0.3) is 0 Å². The third-order valence-electron chi connectivity index (χ3n) is 2.44. The smallest absolute Gasteiger partial charge is 0.264 e. The Morgan fingerprint density at radius 1 is 1.32 bits per heavy atom. The highest BCUT2D eigenvalue weighted by Gasteiger charge is 2.18. The van der Waals surface area contributed by atoms with Crippen LogP contribution >= 0.6 is 11.6 Å². The zero-order valence-corrected chi connectivity index (χ0v) is 11.5. The minimum atomic E-state index is -3.88. The van der Waals surface area contributed by atoms with Gasteiger partial charge in [0, 0.05) is 6.20 Å². The summed E-state index contributed by atoms with van der Waals surface area (Å²) in [4.78, 5) is 3.54. The number of sulfonamides is 1. The van der Waals surface area contributed by atoms with Crippen LogP contribution in [0.1, 0.15) is 5.56 Å².